The van der Waals surface area contributed by atoms with E-state index >= 15 is 4.39 Å². The van der Waals surface area contributed by atoms with Crippen molar-refractivity contribution in [2.75, 3.05) is 0 Å². The minimum atomic E-state index is -0.693. The van der Waals surface area contributed by atoms with Crippen LogP contribution in [0.2, 0.25) is 0 Å². The van der Waals surface area contributed by atoms with Crippen molar-refractivity contribution < 1.29 is 18.4 Å². The van der Waals surface area contributed by atoms with Crippen LogP contribution in [0.15, 0.2) is 54.7 Å². The second kappa shape index (κ2) is 8.66. The van der Waals surface area contributed by atoms with Gasteiger partial charge in [0.25, 0.3) is 0 Å². The highest BCUT2D eigenvalue weighted by Crippen LogP contribution is 2.49. The molecule has 4 aromatic rings. The minimum absolute atomic E-state index is 0.0195. The van der Waals surface area contributed by atoms with Gasteiger partial charge in [0.15, 0.2) is 5.82 Å². The number of hydrogen-bond acceptors (Lipinski definition) is 5. The molecule has 0 bridgehead atoms. The van der Waals surface area contributed by atoms with Crippen LogP contribution in [-0.2, 0) is 16.0 Å². The second-order valence-electron chi connectivity index (χ2n) is 9.74. The summed E-state index contributed by atoms with van der Waals surface area (Å²) < 4.78 is 28.8. The molecule has 7 heteroatoms. The number of halogens is 2. The van der Waals surface area contributed by atoms with Crippen LogP contribution in [0.4, 0.5) is 8.78 Å². The average molecular weight is 484 g/mol. The molecule has 0 N–H and O–H groups in total. The molecule has 0 saturated heterocycles. The van der Waals surface area contributed by atoms with Crippen molar-refractivity contribution in [2.24, 2.45) is 17.8 Å². The summed E-state index contributed by atoms with van der Waals surface area (Å²) in [5.74, 6) is -1.99. The van der Waals surface area contributed by atoms with Gasteiger partial charge in [0.2, 0.25) is 0 Å². The van der Waals surface area contributed by atoms with Gasteiger partial charge in [-0.2, -0.15) is 0 Å². The average Bonchev–Trinajstić information content (AvgIpc) is 2.89. The first-order valence-corrected chi connectivity index (χ1v) is 12.2. The Bertz CT molecular complexity index is 1530. The molecule has 6 rings (SSSR count). The van der Waals surface area contributed by atoms with E-state index in [-0.39, 0.29) is 29.1 Å². The summed E-state index contributed by atoms with van der Waals surface area (Å²) in [6.07, 6.45) is 4.09. The van der Waals surface area contributed by atoms with Gasteiger partial charge in [-0.3, -0.25) is 9.78 Å². The standard InChI is InChI=1S/C29H23F2N3O2/c1-15-18-8-9-22-26(21-7-6-17(30)13-24(21)31)33-29(20-10-11-32-25-5-3-2-4-19(20)25)34-27(22)23(18)12-16(14-35)28(15)36/h2-7,10-11,13-16,18,23H,8-9,12H2,1H3. The Morgan fingerprint density at radius 3 is 2.67 bits per heavy atom. The molecule has 1 fully saturated rings. The maximum absolute atomic E-state index is 15.1. The highest BCUT2D eigenvalue weighted by molar-refractivity contribution is 5.96. The van der Waals surface area contributed by atoms with Gasteiger partial charge in [-0.05, 0) is 49.4 Å². The van der Waals surface area contributed by atoms with Crippen LogP contribution in [0.3, 0.4) is 0 Å². The van der Waals surface area contributed by atoms with Crippen molar-refractivity contribution in [1.29, 1.82) is 0 Å². The van der Waals surface area contributed by atoms with Crippen LogP contribution in [0.5, 0.6) is 0 Å². The number of para-hydroxylation sites is 1. The van der Waals surface area contributed by atoms with E-state index in [4.69, 9.17) is 9.97 Å². The number of benzene rings is 2. The summed E-state index contributed by atoms with van der Waals surface area (Å²) in [5.41, 5.74) is 3.72. The maximum Gasteiger partial charge on any atom is 0.160 e. The molecule has 2 aromatic carbocycles. The van der Waals surface area contributed by atoms with Crippen LogP contribution in [-0.4, -0.2) is 27.0 Å². The summed E-state index contributed by atoms with van der Waals surface area (Å²) >= 11 is 0. The van der Waals surface area contributed by atoms with Crippen molar-refractivity contribution in [3.8, 4) is 22.6 Å². The highest BCUT2D eigenvalue weighted by atomic mass is 19.1. The summed E-state index contributed by atoms with van der Waals surface area (Å²) in [6, 6.07) is 13.0. The molecule has 5 nitrogen and oxygen atoms in total. The lowest BCUT2D eigenvalue weighted by atomic mass is 9.62. The third-order valence-corrected chi connectivity index (χ3v) is 7.84. The van der Waals surface area contributed by atoms with Crippen molar-refractivity contribution in [3.63, 3.8) is 0 Å². The first kappa shape index (κ1) is 22.6. The Morgan fingerprint density at radius 1 is 1.03 bits per heavy atom. The zero-order valence-electron chi connectivity index (χ0n) is 19.6. The number of Topliss-reactive ketones (excluding diaryl/α,β-unsaturated/α-hetero) is 1. The van der Waals surface area contributed by atoms with Crippen molar-refractivity contribution >= 4 is 23.0 Å². The van der Waals surface area contributed by atoms with Crippen LogP contribution in [0, 0.1) is 29.4 Å². The number of fused-ring (bicyclic) bond motifs is 4. The molecular weight excluding hydrogens is 460 g/mol. The number of pyridine rings is 1. The SMILES string of the molecule is CC1C(=O)C(C=O)CC2c3nc(-c4ccnc5ccccc45)nc(-c4ccc(F)cc4F)c3CCC12. The Hall–Kier alpha value is -3.87. The fourth-order valence-electron chi connectivity index (χ4n) is 6.03. The number of aromatic nitrogens is 3. The molecule has 1 saturated carbocycles. The number of rotatable bonds is 3. The quantitative estimate of drug-likeness (QED) is 0.276. The molecule has 36 heavy (non-hydrogen) atoms. The molecule has 180 valence electrons. The van der Waals surface area contributed by atoms with Gasteiger partial charge < -0.3 is 4.79 Å². The summed E-state index contributed by atoms with van der Waals surface area (Å²) in [4.78, 5) is 38.8. The van der Waals surface area contributed by atoms with E-state index in [0.717, 1.165) is 40.1 Å². The molecule has 0 amide bonds. The Labute approximate surface area is 206 Å². The largest absolute Gasteiger partial charge is 0.303 e. The van der Waals surface area contributed by atoms with E-state index in [1.807, 2.05) is 37.3 Å². The van der Waals surface area contributed by atoms with E-state index in [9.17, 15) is 14.0 Å². The lowest BCUT2D eigenvalue weighted by Gasteiger charge is -2.42. The number of carbonyl (C=O) groups is 2. The number of nitrogens with zero attached hydrogens (tertiary/aromatic N) is 3. The van der Waals surface area contributed by atoms with Gasteiger partial charge in [-0.1, -0.05) is 25.1 Å². The Morgan fingerprint density at radius 2 is 1.86 bits per heavy atom. The molecular formula is C29H23F2N3O2. The topological polar surface area (TPSA) is 72.8 Å². The second-order valence-corrected chi connectivity index (χ2v) is 9.74. The Balaban J connectivity index is 1.62. The lowest BCUT2D eigenvalue weighted by molar-refractivity contribution is -0.135. The Kier molecular flexibility index (Phi) is 5.43. The van der Waals surface area contributed by atoms with Gasteiger partial charge in [0.1, 0.15) is 23.7 Å². The lowest BCUT2D eigenvalue weighted by Crippen LogP contribution is -2.41. The van der Waals surface area contributed by atoms with Gasteiger partial charge in [0.05, 0.1) is 22.8 Å². The van der Waals surface area contributed by atoms with Gasteiger partial charge in [0, 0.05) is 46.2 Å². The predicted molar refractivity (Wildman–Crippen MR) is 131 cm³/mol. The molecule has 2 aromatic heterocycles. The van der Waals surface area contributed by atoms with Crippen LogP contribution >= 0.6 is 0 Å². The van der Waals surface area contributed by atoms with Crippen molar-refractivity contribution in [1.82, 2.24) is 15.0 Å². The first-order valence-electron chi connectivity index (χ1n) is 12.2. The van der Waals surface area contributed by atoms with Gasteiger partial charge in [-0.15, -0.1) is 0 Å². The number of carbonyl (C=O) groups excluding carboxylic acids is 2. The molecule has 4 unspecified atom stereocenters. The summed E-state index contributed by atoms with van der Waals surface area (Å²) in [7, 11) is 0. The van der Waals surface area contributed by atoms with E-state index in [1.54, 1.807) is 6.20 Å². The number of ketones is 1. The minimum Gasteiger partial charge on any atom is -0.303 e. The monoisotopic (exact) mass is 483 g/mol. The highest BCUT2D eigenvalue weighted by Gasteiger charge is 2.45. The fraction of sp³-hybridized carbons (Fsp3) is 0.276. The van der Waals surface area contributed by atoms with E-state index in [1.165, 1.54) is 12.1 Å². The van der Waals surface area contributed by atoms with E-state index < -0.39 is 17.6 Å². The van der Waals surface area contributed by atoms with Crippen molar-refractivity contribution in [2.45, 2.75) is 32.1 Å². The summed E-state index contributed by atoms with van der Waals surface area (Å²) in [5, 5.41) is 0.857. The predicted octanol–water partition coefficient (Wildman–Crippen LogP) is 5.71. The molecule has 2 aliphatic carbocycles. The van der Waals surface area contributed by atoms with Crippen LogP contribution in [0.25, 0.3) is 33.5 Å². The van der Waals surface area contributed by atoms with E-state index in [2.05, 4.69) is 4.98 Å². The number of aldehydes is 1. The zero-order valence-corrected chi connectivity index (χ0v) is 19.6. The fourth-order valence-corrected chi connectivity index (χ4v) is 6.03. The smallest absolute Gasteiger partial charge is 0.160 e. The zero-order chi connectivity index (χ0) is 25.0. The molecule has 0 radical (unpaired) electrons. The number of hydrogen-bond donors (Lipinski definition) is 0. The van der Waals surface area contributed by atoms with Gasteiger partial charge >= 0.3 is 0 Å². The summed E-state index contributed by atoms with van der Waals surface area (Å²) in [6.45, 7) is 1.89. The molecule has 2 heterocycles. The molecule has 0 aliphatic heterocycles. The third-order valence-electron chi connectivity index (χ3n) is 7.84. The van der Waals surface area contributed by atoms with E-state index in [0.29, 0.717) is 30.8 Å². The first-order chi connectivity index (χ1) is 17.5. The molecule has 0 spiro atoms. The van der Waals surface area contributed by atoms with Crippen molar-refractivity contribution in [3.05, 3.63) is 77.6 Å². The maximum atomic E-state index is 15.1. The van der Waals surface area contributed by atoms with Crippen LogP contribution < -0.4 is 0 Å². The van der Waals surface area contributed by atoms with Gasteiger partial charge in [-0.25, -0.2) is 18.7 Å². The normalized spacial score (nSPS) is 23.2. The molecule has 2 aliphatic rings. The molecule has 4 atom stereocenters. The third kappa shape index (κ3) is 3.53. The van der Waals surface area contributed by atoms with Crippen LogP contribution in [0.1, 0.15) is 36.9 Å².